The van der Waals surface area contributed by atoms with Crippen LogP contribution in [0, 0.1) is 0 Å². The van der Waals surface area contributed by atoms with E-state index in [-0.39, 0.29) is 12.1 Å². The largest absolute Gasteiger partial charge is 0.453 e. The van der Waals surface area contributed by atoms with Crippen LogP contribution in [0.1, 0.15) is 35.9 Å². The van der Waals surface area contributed by atoms with E-state index in [0.29, 0.717) is 5.69 Å². The zero-order valence-electron chi connectivity index (χ0n) is 12.2. The lowest BCUT2D eigenvalue weighted by atomic mass is 10.1. The summed E-state index contributed by atoms with van der Waals surface area (Å²) in [5.41, 5.74) is 4.11. The van der Waals surface area contributed by atoms with Crippen LogP contribution in [0.2, 0.25) is 0 Å². The van der Waals surface area contributed by atoms with Crippen LogP contribution < -0.4 is 0 Å². The molecule has 21 heavy (non-hydrogen) atoms. The molecule has 4 nitrogen and oxygen atoms in total. The van der Waals surface area contributed by atoms with Crippen molar-refractivity contribution in [1.29, 1.82) is 0 Å². The maximum Gasteiger partial charge on any atom is 0.357 e. The van der Waals surface area contributed by atoms with Crippen molar-refractivity contribution >= 4 is 5.97 Å². The van der Waals surface area contributed by atoms with Crippen LogP contribution >= 0.6 is 0 Å². The van der Waals surface area contributed by atoms with E-state index < -0.39 is 5.97 Å². The summed E-state index contributed by atoms with van der Waals surface area (Å²) >= 11 is 0. The van der Waals surface area contributed by atoms with Gasteiger partial charge in [0.15, 0.2) is 0 Å². The van der Waals surface area contributed by atoms with Crippen LogP contribution in [-0.4, -0.2) is 21.9 Å². The number of carbonyl (C=O) groups is 1. The second kappa shape index (κ2) is 6.73. The molecule has 2 rings (SSSR count). The lowest BCUT2D eigenvalue weighted by Crippen LogP contribution is -2.20. The summed E-state index contributed by atoms with van der Waals surface area (Å²) in [6.07, 6.45) is 2.83. The molecule has 0 aliphatic heterocycles. The summed E-state index contributed by atoms with van der Waals surface area (Å²) in [5, 5.41) is 4.24. The molecule has 0 spiro atoms. The highest BCUT2D eigenvalue weighted by Gasteiger charge is 2.19. The molecule has 0 aliphatic carbocycles. The molecule has 4 heteroatoms. The second-order valence-electron chi connectivity index (χ2n) is 4.73. The fourth-order valence-electron chi connectivity index (χ4n) is 2.09. The zero-order valence-corrected chi connectivity index (χ0v) is 12.2. The molecule has 0 saturated heterocycles. The molecule has 0 amide bonds. The average Bonchev–Trinajstić information content (AvgIpc) is 2.97. The highest BCUT2D eigenvalue weighted by atomic mass is 16.5. The lowest BCUT2D eigenvalue weighted by molar-refractivity contribution is 0.0409. The van der Waals surface area contributed by atoms with Crippen molar-refractivity contribution in [3.8, 4) is 0 Å². The molecule has 0 aliphatic rings. The van der Waals surface area contributed by atoms with Gasteiger partial charge in [-0.15, -0.1) is 5.73 Å². The molecule has 1 aromatic heterocycles. The summed E-state index contributed by atoms with van der Waals surface area (Å²) in [6.45, 7) is 7.22. The maximum absolute atomic E-state index is 12.2. The Labute approximate surface area is 124 Å². The first-order valence-corrected chi connectivity index (χ1v) is 6.79. The standard InChI is InChI=1S/C17H18N2O2/c1-4-8-13(2)21-17(20)16-11-12-18-19(16)14(3)15-9-6-5-7-10-15/h5-14H,1H2,2-3H3/t13?,14-/m1/s1. The van der Waals surface area contributed by atoms with E-state index in [1.807, 2.05) is 37.3 Å². The van der Waals surface area contributed by atoms with E-state index in [2.05, 4.69) is 17.4 Å². The number of hydrogen-bond donors (Lipinski definition) is 0. The minimum Gasteiger partial charge on any atom is -0.453 e. The van der Waals surface area contributed by atoms with Crippen LogP contribution in [0.3, 0.4) is 0 Å². The van der Waals surface area contributed by atoms with Gasteiger partial charge in [0.1, 0.15) is 11.8 Å². The van der Waals surface area contributed by atoms with Gasteiger partial charge in [-0.3, -0.25) is 4.68 Å². The van der Waals surface area contributed by atoms with E-state index in [4.69, 9.17) is 4.74 Å². The highest BCUT2D eigenvalue weighted by molar-refractivity contribution is 5.87. The molecule has 0 radical (unpaired) electrons. The number of nitrogens with zero attached hydrogens (tertiary/aromatic N) is 2. The van der Waals surface area contributed by atoms with Gasteiger partial charge in [0.2, 0.25) is 0 Å². The van der Waals surface area contributed by atoms with Crippen LogP contribution in [0.15, 0.2) is 61.0 Å². The second-order valence-corrected chi connectivity index (χ2v) is 4.73. The zero-order chi connectivity index (χ0) is 15.2. The Morgan fingerprint density at radius 3 is 2.71 bits per heavy atom. The molecule has 108 valence electrons. The van der Waals surface area contributed by atoms with Gasteiger partial charge in [0.25, 0.3) is 0 Å². The molecular weight excluding hydrogens is 264 g/mol. The first kappa shape index (κ1) is 14.8. The third kappa shape index (κ3) is 3.50. The number of hydrogen-bond acceptors (Lipinski definition) is 3. The molecule has 0 fully saturated rings. The Morgan fingerprint density at radius 2 is 2.05 bits per heavy atom. The smallest absolute Gasteiger partial charge is 0.357 e. The van der Waals surface area contributed by atoms with Gasteiger partial charge in [-0.25, -0.2) is 4.79 Å². The summed E-state index contributed by atoms with van der Waals surface area (Å²) in [4.78, 5) is 12.2. The summed E-state index contributed by atoms with van der Waals surface area (Å²) < 4.78 is 6.97. The van der Waals surface area contributed by atoms with Crippen molar-refractivity contribution in [2.24, 2.45) is 0 Å². The van der Waals surface area contributed by atoms with E-state index in [0.717, 1.165) is 5.56 Å². The predicted octanol–water partition coefficient (Wildman–Crippen LogP) is 3.38. The molecule has 0 N–H and O–H groups in total. The van der Waals surface area contributed by atoms with Gasteiger partial charge in [0.05, 0.1) is 6.04 Å². The first-order valence-electron chi connectivity index (χ1n) is 6.79. The number of aromatic nitrogens is 2. The lowest BCUT2D eigenvalue weighted by Gasteiger charge is -2.16. The quantitative estimate of drug-likeness (QED) is 0.624. The van der Waals surface area contributed by atoms with Crippen molar-refractivity contribution in [3.05, 3.63) is 72.2 Å². The van der Waals surface area contributed by atoms with Crippen molar-refractivity contribution in [2.45, 2.75) is 26.0 Å². The minimum atomic E-state index is -0.408. The van der Waals surface area contributed by atoms with Gasteiger partial charge in [-0.2, -0.15) is 5.10 Å². The highest BCUT2D eigenvalue weighted by Crippen LogP contribution is 2.19. The number of rotatable bonds is 5. The molecule has 0 saturated carbocycles. The fourth-order valence-corrected chi connectivity index (χ4v) is 2.09. The summed E-state index contributed by atoms with van der Waals surface area (Å²) in [5.74, 6) is -0.408. The Balaban J connectivity index is 2.22. The van der Waals surface area contributed by atoms with Gasteiger partial charge in [0, 0.05) is 6.20 Å². The topological polar surface area (TPSA) is 44.1 Å². The van der Waals surface area contributed by atoms with Gasteiger partial charge < -0.3 is 4.74 Å². The van der Waals surface area contributed by atoms with Crippen LogP contribution in [0.4, 0.5) is 0 Å². The Hall–Kier alpha value is -2.58. The predicted molar refractivity (Wildman–Crippen MR) is 81.1 cm³/mol. The molecule has 0 bridgehead atoms. The van der Waals surface area contributed by atoms with Crippen LogP contribution in [-0.2, 0) is 4.74 Å². The molecule has 2 atom stereocenters. The Morgan fingerprint density at radius 1 is 1.33 bits per heavy atom. The Kier molecular flexibility index (Phi) is 4.75. The third-order valence-corrected chi connectivity index (χ3v) is 3.17. The van der Waals surface area contributed by atoms with E-state index in [9.17, 15) is 4.79 Å². The number of carbonyl (C=O) groups excluding carboxylic acids is 1. The minimum absolute atomic E-state index is 0.0472. The van der Waals surface area contributed by atoms with Crippen molar-refractivity contribution in [2.75, 3.05) is 0 Å². The van der Waals surface area contributed by atoms with E-state index >= 15 is 0 Å². The monoisotopic (exact) mass is 282 g/mol. The maximum atomic E-state index is 12.2. The SMILES string of the molecule is C=C=CC(C)OC(=O)c1ccnn1[C@H](C)c1ccccc1. The van der Waals surface area contributed by atoms with Crippen LogP contribution in [0.5, 0.6) is 0 Å². The number of esters is 1. The van der Waals surface area contributed by atoms with Gasteiger partial charge >= 0.3 is 5.97 Å². The molecule has 1 aromatic carbocycles. The van der Waals surface area contributed by atoms with Gasteiger partial charge in [-0.1, -0.05) is 36.9 Å². The van der Waals surface area contributed by atoms with E-state index in [1.165, 1.54) is 0 Å². The van der Waals surface area contributed by atoms with Crippen molar-refractivity contribution < 1.29 is 9.53 Å². The van der Waals surface area contributed by atoms with Crippen molar-refractivity contribution in [3.63, 3.8) is 0 Å². The number of ether oxygens (including phenoxy) is 1. The van der Waals surface area contributed by atoms with Gasteiger partial charge in [-0.05, 0) is 31.6 Å². The number of benzene rings is 1. The third-order valence-electron chi connectivity index (χ3n) is 3.17. The first-order chi connectivity index (χ1) is 10.1. The average molecular weight is 282 g/mol. The van der Waals surface area contributed by atoms with E-state index in [1.54, 1.807) is 29.9 Å². The van der Waals surface area contributed by atoms with Crippen molar-refractivity contribution in [1.82, 2.24) is 9.78 Å². The fraction of sp³-hybridized carbons (Fsp3) is 0.235. The normalized spacial score (nSPS) is 13.0. The summed E-state index contributed by atoms with van der Waals surface area (Å²) in [6, 6.07) is 11.5. The molecular formula is C17H18N2O2. The summed E-state index contributed by atoms with van der Waals surface area (Å²) in [7, 11) is 0. The molecule has 1 unspecified atom stereocenters. The van der Waals surface area contributed by atoms with Crippen LogP contribution in [0.25, 0.3) is 0 Å². The molecule has 2 aromatic rings. The molecule has 1 heterocycles. The Bertz CT molecular complexity index is 654.